The number of thioether (sulfide) groups is 1. The molecule has 0 aromatic carbocycles. The smallest absolute Gasteiger partial charge is 0.300 e. The molecule has 8 heteroatoms. The Hall–Kier alpha value is -1.34. The molecule has 1 amide bonds. The monoisotopic (exact) mass is 289 g/mol. The number of amides is 1. The number of nitro groups is 1. The molecule has 0 aliphatic heterocycles. The van der Waals surface area contributed by atoms with Crippen LogP contribution in [-0.2, 0) is 0 Å². The highest BCUT2D eigenvalue weighted by molar-refractivity contribution is 7.98. The Balaban J connectivity index is 2.77. The van der Waals surface area contributed by atoms with Crippen LogP contribution in [0.25, 0.3) is 0 Å². The minimum absolute atomic E-state index is 0.0508. The molecule has 0 bridgehead atoms. The molecule has 0 aliphatic carbocycles. The van der Waals surface area contributed by atoms with Gasteiger partial charge in [0.25, 0.3) is 11.6 Å². The molecule has 6 nitrogen and oxygen atoms in total. The number of hydrogen-bond acceptors (Lipinski definition) is 5. The van der Waals surface area contributed by atoms with E-state index >= 15 is 0 Å². The highest BCUT2D eigenvalue weighted by atomic mass is 35.5. The summed E-state index contributed by atoms with van der Waals surface area (Å²) in [5.74, 6) is 0.409. The first-order chi connectivity index (χ1) is 8.56. The number of carbonyl (C=O) groups excluding carboxylic acids is 1. The Bertz CT molecular complexity index is 456. The third kappa shape index (κ3) is 4.15. The van der Waals surface area contributed by atoms with Gasteiger partial charge in [0.05, 0.1) is 4.92 Å². The highest BCUT2D eigenvalue weighted by Gasteiger charge is 2.20. The molecule has 0 fully saturated rings. The summed E-state index contributed by atoms with van der Waals surface area (Å²) in [7, 11) is 0. The predicted molar refractivity (Wildman–Crippen MR) is 71.2 cm³/mol. The van der Waals surface area contributed by atoms with Crippen LogP contribution in [0.5, 0.6) is 0 Å². The van der Waals surface area contributed by atoms with Crippen molar-refractivity contribution >= 4 is 35.0 Å². The predicted octanol–water partition coefficient (Wildman–Crippen LogP) is 2.13. The van der Waals surface area contributed by atoms with Crippen LogP contribution in [0.2, 0.25) is 5.15 Å². The van der Waals surface area contributed by atoms with E-state index in [2.05, 4.69) is 10.3 Å². The fourth-order valence-electron chi connectivity index (χ4n) is 1.26. The van der Waals surface area contributed by atoms with Crippen LogP contribution in [0.4, 0.5) is 5.69 Å². The highest BCUT2D eigenvalue weighted by Crippen LogP contribution is 2.20. The van der Waals surface area contributed by atoms with Crippen molar-refractivity contribution in [1.82, 2.24) is 10.3 Å². The molecule has 0 unspecified atom stereocenters. The number of halogens is 1. The molecule has 0 atom stereocenters. The largest absolute Gasteiger partial charge is 0.352 e. The Morgan fingerprint density at radius 1 is 1.67 bits per heavy atom. The zero-order valence-corrected chi connectivity index (χ0v) is 11.3. The second-order valence-electron chi connectivity index (χ2n) is 3.38. The summed E-state index contributed by atoms with van der Waals surface area (Å²) >= 11 is 7.30. The summed E-state index contributed by atoms with van der Waals surface area (Å²) in [5.41, 5.74) is -0.411. The third-order valence-electron chi connectivity index (χ3n) is 2.10. The molecule has 1 aromatic rings. The van der Waals surface area contributed by atoms with Crippen LogP contribution in [0.15, 0.2) is 12.3 Å². The Kier molecular flexibility index (Phi) is 5.87. The molecule has 0 radical (unpaired) electrons. The summed E-state index contributed by atoms with van der Waals surface area (Å²) in [6.07, 6.45) is 3.76. The van der Waals surface area contributed by atoms with E-state index < -0.39 is 10.8 Å². The number of hydrogen-bond donors (Lipinski definition) is 1. The van der Waals surface area contributed by atoms with Gasteiger partial charge in [0, 0.05) is 6.54 Å². The third-order valence-corrected chi connectivity index (χ3v) is 3.01. The number of carbonyl (C=O) groups is 1. The van der Waals surface area contributed by atoms with Crippen molar-refractivity contribution < 1.29 is 9.72 Å². The van der Waals surface area contributed by atoms with Crippen molar-refractivity contribution in [3.63, 3.8) is 0 Å². The molecule has 98 valence electrons. The van der Waals surface area contributed by atoms with Crippen molar-refractivity contribution in [2.75, 3.05) is 18.6 Å². The first kappa shape index (κ1) is 14.7. The van der Waals surface area contributed by atoms with Gasteiger partial charge >= 0.3 is 0 Å². The van der Waals surface area contributed by atoms with E-state index in [1.165, 1.54) is 6.07 Å². The Labute approximate surface area is 113 Å². The van der Waals surface area contributed by atoms with Gasteiger partial charge < -0.3 is 5.32 Å². The van der Waals surface area contributed by atoms with E-state index in [9.17, 15) is 14.9 Å². The van der Waals surface area contributed by atoms with Gasteiger partial charge in [-0.25, -0.2) is 4.98 Å². The van der Waals surface area contributed by atoms with E-state index in [-0.39, 0.29) is 16.4 Å². The van der Waals surface area contributed by atoms with E-state index in [0.29, 0.717) is 6.54 Å². The summed E-state index contributed by atoms with van der Waals surface area (Å²) in [6, 6.07) is 1.20. The topological polar surface area (TPSA) is 85.1 Å². The van der Waals surface area contributed by atoms with Gasteiger partial charge in [-0.3, -0.25) is 14.9 Å². The molecule has 18 heavy (non-hydrogen) atoms. The van der Waals surface area contributed by atoms with E-state index in [1.807, 2.05) is 6.26 Å². The van der Waals surface area contributed by atoms with E-state index in [1.54, 1.807) is 11.8 Å². The minimum Gasteiger partial charge on any atom is -0.352 e. The van der Waals surface area contributed by atoms with E-state index in [4.69, 9.17) is 11.6 Å². The van der Waals surface area contributed by atoms with Crippen LogP contribution < -0.4 is 5.32 Å². The summed E-state index contributed by atoms with van der Waals surface area (Å²) in [5, 5.41) is 13.4. The number of nitrogens with one attached hydrogen (secondary N) is 1. The Morgan fingerprint density at radius 3 is 3.00 bits per heavy atom. The summed E-state index contributed by atoms with van der Waals surface area (Å²) in [6.45, 7) is 0.469. The molecule has 1 heterocycles. The summed E-state index contributed by atoms with van der Waals surface area (Å²) < 4.78 is 0. The lowest BCUT2D eigenvalue weighted by Crippen LogP contribution is -2.25. The lowest BCUT2D eigenvalue weighted by atomic mass is 10.2. The standard InChI is InChI=1S/C10H12ClN3O3S/c1-18-4-2-3-12-10(15)7-5-9(11)13-6-8(7)14(16)17/h5-6H,2-4H2,1H3,(H,12,15). The molecular formula is C10H12ClN3O3S. The first-order valence-corrected chi connectivity index (χ1v) is 6.90. The zero-order valence-electron chi connectivity index (χ0n) is 9.68. The second-order valence-corrected chi connectivity index (χ2v) is 4.76. The maximum Gasteiger partial charge on any atom is 0.300 e. The molecule has 1 N–H and O–H groups in total. The van der Waals surface area contributed by atoms with Crippen molar-refractivity contribution in [1.29, 1.82) is 0 Å². The van der Waals surface area contributed by atoms with Gasteiger partial charge in [0.15, 0.2) is 0 Å². The number of nitrogens with zero attached hydrogens (tertiary/aromatic N) is 2. The van der Waals surface area contributed by atoms with Gasteiger partial charge in [-0.2, -0.15) is 11.8 Å². The van der Waals surface area contributed by atoms with Gasteiger partial charge in [0.2, 0.25) is 0 Å². The first-order valence-electron chi connectivity index (χ1n) is 5.13. The van der Waals surface area contributed by atoms with Crippen molar-refractivity contribution in [2.45, 2.75) is 6.42 Å². The van der Waals surface area contributed by atoms with Crippen LogP contribution >= 0.6 is 23.4 Å². The van der Waals surface area contributed by atoms with Crippen molar-refractivity contribution in [3.05, 3.63) is 33.1 Å². The normalized spacial score (nSPS) is 10.1. The summed E-state index contributed by atoms with van der Waals surface area (Å²) in [4.78, 5) is 25.5. The van der Waals surface area contributed by atoms with Crippen molar-refractivity contribution in [3.8, 4) is 0 Å². The lowest BCUT2D eigenvalue weighted by molar-refractivity contribution is -0.385. The minimum atomic E-state index is -0.653. The van der Waals surface area contributed by atoms with Crippen LogP contribution in [0.3, 0.4) is 0 Å². The maximum absolute atomic E-state index is 11.8. The Morgan fingerprint density at radius 2 is 2.39 bits per heavy atom. The van der Waals surface area contributed by atoms with Crippen LogP contribution in [-0.4, -0.2) is 34.4 Å². The fourth-order valence-corrected chi connectivity index (χ4v) is 1.85. The quantitative estimate of drug-likeness (QED) is 0.375. The van der Waals surface area contributed by atoms with Gasteiger partial charge in [-0.15, -0.1) is 0 Å². The zero-order chi connectivity index (χ0) is 13.5. The van der Waals surface area contributed by atoms with Crippen molar-refractivity contribution in [2.24, 2.45) is 0 Å². The fraction of sp³-hybridized carbons (Fsp3) is 0.400. The van der Waals surface area contributed by atoms with Crippen LogP contribution in [0, 0.1) is 10.1 Å². The number of rotatable bonds is 6. The SMILES string of the molecule is CSCCCNC(=O)c1cc(Cl)ncc1[N+](=O)[O-]. The van der Waals surface area contributed by atoms with E-state index in [0.717, 1.165) is 18.4 Å². The second kappa shape index (κ2) is 7.17. The average molecular weight is 290 g/mol. The van der Waals surface area contributed by atoms with Gasteiger partial charge in [0.1, 0.15) is 16.9 Å². The molecule has 0 aliphatic rings. The number of pyridine rings is 1. The molecular weight excluding hydrogens is 278 g/mol. The number of aromatic nitrogens is 1. The van der Waals surface area contributed by atoms with Gasteiger partial charge in [-0.05, 0) is 24.5 Å². The average Bonchev–Trinajstić information content (AvgIpc) is 2.34. The maximum atomic E-state index is 11.8. The molecule has 1 rings (SSSR count). The molecule has 0 saturated heterocycles. The molecule has 1 aromatic heterocycles. The van der Waals surface area contributed by atoms with Crippen LogP contribution in [0.1, 0.15) is 16.8 Å². The molecule has 0 saturated carbocycles. The molecule has 0 spiro atoms. The van der Waals surface area contributed by atoms with Gasteiger partial charge in [-0.1, -0.05) is 11.6 Å². The lowest BCUT2D eigenvalue weighted by Gasteiger charge is -2.05.